The van der Waals surface area contributed by atoms with Gasteiger partial charge in [-0.05, 0) is 0 Å². The first kappa shape index (κ1) is 17.4. The molecule has 0 aliphatic heterocycles. The summed E-state index contributed by atoms with van der Waals surface area (Å²) in [7, 11) is 3.46. The van der Waals surface area contributed by atoms with Crippen molar-refractivity contribution in [2.24, 2.45) is 5.92 Å². The van der Waals surface area contributed by atoms with Crippen LogP contribution in [0.1, 0.15) is 39.2 Å². The van der Waals surface area contributed by atoms with Crippen LogP contribution in [0.3, 0.4) is 0 Å². The highest BCUT2D eigenvalue weighted by atomic mass is 16.5. The lowest BCUT2D eigenvalue weighted by atomic mass is 9.95. The summed E-state index contributed by atoms with van der Waals surface area (Å²) in [5.74, 6) is 0.162. The Balaban J connectivity index is 3.10. The van der Waals surface area contributed by atoms with Crippen LogP contribution >= 0.6 is 0 Å². The topological polar surface area (TPSA) is 75.5 Å². The van der Waals surface area contributed by atoms with Crippen molar-refractivity contribution in [2.45, 2.75) is 39.7 Å². The van der Waals surface area contributed by atoms with Gasteiger partial charge in [-0.15, -0.1) is 0 Å². The number of ether oxygens (including phenoxy) is 1. The summed E-state index contributed by atoms with van der Waals surface area (Å²) >= 11 is 0. The molecule has 1 aromatic rings. The first-order valence-corrected chi connectivity index (χ1v) is 6.96. The van der Waals surface area contributed by atoms with Crippen LogP contribution in [-0.4, -0.2) is 41.7 Å². The number of hydrogen-bond acceptors (Lipinski definition) is 5. The predicted molar refractivity (Wildman–Crippen MR) is 81.5 cm³/mol. The highest BCUT2D eigenvalue weighted by Gasteiger charge is 2.21. The van der Waals surface area contributed by atoms with Crippen molar-refractivity contribution in [1.29, 1.82) is 0 Å². The number of rotatable bonds is 6. The fraction of sp³-hybridized carbons (Fsp3) is 0.667. The third kappa shape index (κ3) is 4.97. The lowest BCUT2D eigenvalue weighted by Gasteiger charge is -2.24. The Labute approximate surface area is 126 Å². The van der Waals surface area contributed by atoms with E-state index in [1.807, 2.05) is 38.8 Å². The van der Waals surface area contributed by atoms with Crippen molar-refractivity contribution in [3.8, 4) is 0 Å². The minimum atomic E-state index is -0.816. The molecule has 0 aliphatic carbocycles. The molecule has 0 saturated heterocycles. The normalized spacial score (nSPS) is 13.0. The molecule has 1 unspecified atom stereocenters. The minimum Gasteiger partial charge on any atom is -0.481 e. The largest absolute Gasteiger partial charge is 0.481 e. The molecule has 0 aliphatic rings. The molecular formula is C15H25N3O3. The molecule has 0 bridgehead atoms. The van der Waals surface area contributed by atoms with Crippen LogP contribution in [0.15, 0.2) is 6.07 Å². The maximum Gasteiger partial charge on any atom is 0.308 e. The van der Waals surface area contributed by atoms with Crippen LogP contribution in [0, 0.1) is 5.92 Å². The molecular weight excluding hydrogens is 270 g/mol. The lowest BCUT2D eigenvalue weighted by molar-refractivity contribution is -0.140. The van der Waals surface area contributed by atoms with Gasteiger partial charge in [0.25, 0.3) is 0 Å². The summed E-state index contributed by atoms with van der Waals surface area (Å²) in [6.07, 6.45) is 0. The number of carboxylic acids is 1. The van der Waals surface area contributed by atoms with Crippen molar-refractivity contribution in [3.05, 3.63) is 17.6 Å². The van der Waals surface area contributed by atoms with Crippen molar-refractivity contribution in [2.75, 3.05) is 25.6 Å². The summed E-state index contributed by atoms with van der Waals surface area (Å²) in [6.45, 7) is 8.61. The van der Waals surface area contributed by atoms with E-state index in [9.17, 15) is 4.79 Å². The van der Waals surface area contributed by atoms with Crippen LogP contribution in [0.2, 0.25) is 0 Å². The van der Waals surface area contributed by atoms with E-state index in [0.717, 1.165) is 17.3 Å². The van der Waals surface area contributed by atoms with Crippen LogP contribution in [0.5, 0.6) is 0 Å². The predicted octanol–water partition coefficient (Wildman–Crippen LogP) is 2.08. The molecule has 1 N–H and O–H groups in total. The average Bonchev–Trinajstić information content (AvgIpc) is 2.37. The summed E-state index contributed by atoms with van der Waals surface area (Å²) < 4.78 is 5.15. The molecule has 0 saturated carbocycles. The number of aliphatic carboxylic acids is 1. The fourth-order valence-corrected chi connectivity index (χ4v) is 1.82. The summed E-state index contributed by atoms with van der Waals surface area (Å²) in [5.41, 5.74) is 0.611. The zero-order valence-electron chi connectivity index (χ0n) is 13.7. The second-order valence-electron chi connectivity index (χ2n) is 6.34. The standard InChI is InChI=1S/C15H25N3O3/c1-10(13(19)20)8-18(5)12-7-11(9-21-6)16-14(17-12)15(2,3)4/h7,10H,8-9H2,1-6H3,(H,19,20). The van der Waals surface area contributed by atoms with Crippen LogP contribution in [0.25, 0.3) is 0 Å². The van der Waals surface area contributed by atoms with Gasteiger partial charge >= 0.3 is 5.97 Å². The highest BCUT2D eigenvalue weighted by molar-refractivity contribution is 5.70. The highest BCUT2D eigenvalue weighted by Crippen LogP contribution is 2.22. The van der Waals surface area contributed by atoms with Crippen LogP contribution in [-0.2, 0) is 21.6 Å². The quantitative estimate of drug-likeness (QED) is 0.866. The Hall–Kier alpha value is -1.69. The second-order valence-corrected chi connectivity index (χ2v) is 6.34. The second kappa shape index (κ2) is 6.85. The zero-order chi connectivity index (χ0) is 16.2. The maximum absolute atomic E-state index is 11.0. The smallest absolute Gasteiger partial charge is 0.308 e. The Morgan fingerprint density at radius 1 is 1.43 bits per heavy atom. The van der Waals surface area contributed by atoms with Gasteiger partial charge in [-0.25, -0.2) is 9.97 Å². The number of aromatic nitrogens is 2. The fourth-order valence-electron chi connectivity index (χ4n) is 1.82. The molecule has 0 fully saturated rings. The molecule has 0 aromatic carbocycles. The minimum absolute atomic E-state index is 0.183. The Morgan fingerprint density at radius 2 is 2.05 bits per heavy atom. The first-order valence-electron chi connectivity index (χ1n) is 6.96. The number of anilines is 1. The molecule has 1 heterocycles. The molecule has 0 radical (unpaired) electrons. The number of carboxylic acid groups (broad SMARTS) is 1. The summed E-state index contributed by atoms with van der Waals surface area (Å²) in [4.78, 5) is 21.9. The summed E-state index contributed by atoms with van der Waals surface area (Å²) in [5, 5.41) is 9.02. The van der Waals surface area contributed by atoms with Gasteiger partial charge in [0, 0.05) is 32.2 Å². The van der Waals surface area contributed by atoms with Crippen molar-refractivity contribution < 1.29 is 14.6 Å². The van der Waals surface area contributed by atoms with Gasteiger partial charge in [-0.1, -0.05) is 27.7 Å². The molecule has 21 heavy (non-hydrogen) atoms. The monoisotopic (exact) mass is 295 g/mol. The number of nitrogens with zero attached hydrogens (tertiary/aromatic N) is 3. The SMILES string of the molecule is COCc1cc(N(C)CC(C)C(=O)O)nc(C(C)(C)C)n1. The van der Waals surface area contributed by atoms with E-state index in [1.54, 1.807) is 14.0 Å². The molecule has 6 nitrogen and oxygen atoms in total. The number of methoxy groups -OCH3 is 1. The van der Waals surface area contributed by atoms with Gasteiger partial charge in [0.1, 0.15) is 11.6 Å². The van der Waals surface area contributed by atoms with E-state index in [-0.39, 0.29) is 5.41 Å². The third-order valence-electron chi connectivity index (χ3n) is 3.09. The van der Waals surface area contributed by atoms with E-state index in [1.165, 1.54) is 0 Å². The van der Waals surface area contributed by atoms with Gasteiger partial charge < -0.3 is 14.7 Å². The van der Waals surface area contributed by atoms with Crippen LogP contribution < -0.4 is 4.90 Å². The average molecular weight is 295 g/mol. The lowest BCUT2D eigenvalue weighted by Crippen LogP contribution is -2.30. The van der Waals surface area contributed by atoms with Gasteiger partial charge in [-0.3, -0.25) is 4.79 Å². The van der Waals surface area contributed by atoms with Crippen molar-refractivity contribution in [1.82, 2.24) is 9.97 Å². The van der Waals surface area contributed by atoms with E-state index in [4.69, 9.17) is 9.84 Å². The number of hydrogen-bond donors (Lipinski definition) is 1. The third-order valence-corrected chi connectivity index (χ3v) is 3.09. The van der Waals surface area contributed by atoms with Crippen molar-refractivity contribution >= 4 is 11.8 Å². The zero-order valence-corrected chi connectivity index (χ0v) is 13.7. The van der Waals surface area contributed by atoms with Gasteiger partial charge in [0.2, 0.25) is 0 Å². The molecule has 1 aromatic heterocycles. The van der Waals surface area contributed by atoms with Crippen LogP contribution in [0.4, 0.5) is 5.82 Å². The molecule has 6 heteroatoms. The number of carbonyl (C=O) groups is 1. The Bertz CT molecular complexity index is 497. The molecule has 1 rings (SSSR count). The van der Waals surface area contributed by atoms with E-state index in [2.05, 4.69) is 9.97 Å². The molecule has 0 amide bonds. The van der Waals surface area contributed by atoms with E-state index in [0.29, 0.717) is 13.2 Å². The first-order chi connectivity index (χ1) is 9.65. The van der Waals surface area contributed by atoms with Crippen molar-refractivity contribution in [3.63, 3.8) is 0 Å². The molecule has 0 spiro atoms. The molecule has 118 valence electrons. The van der Waals surface area contributed by atoms with Gasteiger partial charge in [0.05, 0.1) is 18.2 Å². The van der Waals surface area contributed by atoms with E-state index < -0.39 is 11.9 Å². The Kier molecular flexibility index (Phi) is 5.66. The molecule has 1 atom stereocenters. The van der Waals surface area contributed by atoms with Gasteiger partial charge in [0.15, 0.2) is 0 Å². The summed E-state index contributed by atoms with van der Waals surface area (Å²) in [6, 6.07) is 1.84. The Morgan fingerprint density at radius 3 is 2.52 bits per heavy atom. The van der Waals surface area contributed by atoms with Gasteiger partial charge in [-0.2, -0.15) is 0 Å². The maximum atomic E-state index is 11.0. The van der Waals surface area contributed by atoms with E-state index >= 15 is 0 Å².